The van der Waals surface area contributed by atoms with Gasteiger partial charge in [0.25, 0.3) is 0 Å². The molecule has 118 valence electrons. The van der Waals surface area contributed by atoms with E-state index in [1.807, 2.05) is 18.2 Å². The molecule has 5 heteroatoms. The summed E-state index contributed by atoms with van der Waals surface area (Å²) in [6.07, 6.45) is -0.301. The predicted molar refractivity (Wildman–Crippen MR) is 89.3 cm³/mol. The lowest BCUT2D eigenvalue weighted by molar-refractivity contribution is 0.106. The molecule has 1 unspecified atom stereocenters. The molecule has 1 saturated heterocycles. The van der Waals surface area contributed by atoms with Gasteiger partial charge in [-0.05, 0) is 18.2 Å². The Kier molecular flexibility index (Phi) is 6.30. The van der Waals surface area contributed by atoms with Crippen LogP contribution in [0.15, 0.2) is 24.3 Å². The quantitative estimate of drug-likeness (QED) is 0.840. The maximum atomic E-state index is 10.0. The fourth-order valence-electron chi connectivity index (χ4n) is 2.60. The SMILES string of the molecule is CC(C)NCC(O)CN1CCN(c2cccc(Cl)c2)CC1. The molecule has 1 fully saturated rings. The highest BCUT2D eigenvalue weighted by atomic mass is 35.5. The lowest BCUT2D eigenvalue weighted by Gasteiger charge is -2.37. The average Bonchev–Trinajstić information content (AvgIpc) is 2.46. The molecule has 1 aliphatic heterocycles. The third-order valence-corrected chi connectivity index (χ3v) is 4.01. The molecule has 2 N–H and O–H groups in total. The van der Waals surface area contributed by atoms with E-state index in [1.165, 1.54) is 5.69 Å². The van der Waals surface area contributed by atoms with E-state index < -0.39 is 0 Å². The topological polar surface area (TPSA) is 38.7 Å². The summed E-state index contributed by atoms with van der Waals surface area (Å²) in [5.41, 5.74) is 1.18. The first-order chi connectivity index (χ1) is 10.0. The number of piperazine rings is 1. The van der Waals surface area contributed by atoms with Crippen LogP contribution in [0, 0.1) is 0 Å². The second-order valence-electron chi connectivity index (χ2n) is 5.98. The van der Waals surface area contributed by atoms with Crippen LogP contribution in [0.2, 0.25) is 5.02 Å². The zero-order valence-corrected chi connectivity index (χ0v) is 13.7. The minimum atomic E-state index is -0.301. The first-order valence-corrected chi connectivity index (χ1v) is 8.06. The van der Waals surface area contributed by atoms with Crippen molar-refractivity contribution in [3.05, 3.63) is 29.3 Å². The molecule has 21 heavy (non-hydrogen) atoms. The lowest BCUT2D eigenvalue weighted by atomic mass is 10.2. The van der Waals surface area contributed by atoms with Crippen LogP contribution in [0.4, 0.5) is 5.69 Å². The average molecular weight is 312 g/mol. The zero-order valence-electron chi connectivity index (χ0n) is 12.9. The van der Waals surface area contributed by atoms with Gasteiger partial charge in [-0.2, -0.15) is 0 Å². The minimum Gasteiger partial charge on any atom is -0.390 e. The molecule has 0 amide bonds. The number of hydrogen-bond donors (Lipinski definition) is 2. The van der Waals surface area contributed by atoms with Gasteiger partial charge in [-0.15, -0.1) is 0 Å². The van der Waals surface area contributed by atoms with Gasteiger partial charge in [-0.25, -0.2) is 0 Å². The van der Waals surface area contributed by atoms with Crippen molar-refractivity contribution < 1.29 is 5.11 Å². The van der Waals surface area contributed by atoms with Crippen molar-refractivity contribution in [3.63, 3.8) is 0 Å². The van der Waals surface area contributed by atoms with Crippen LogP contribution in [0.3, 0.4) is 0 Å². The van der Waals surface area contributed by atoms with E-state index in [1.54, 1.807) is 0 Å². The van der Waals surface area contributed by atoms with Gasteiger partial charge < -0.3 is 15.3 Å². The summed E-state index contributed by atoms with van der Waals surface area (Å²) in [7, 11) is 0. The van der Waals surface area contributed by atoms with Gasteiger partial charge in [0.05, 0.1) is 6.10 Å². The predicted octanol–water partition coefficient (Wildman–Crippen LogP) is 1.82. The highest BCUT2D eigenvalue weighted by molar-refractivity contribution is 6.30. The molecular weight excluding hydrogens is 286 g/mol. The second-order valence-corrected chi connectivity index (χ2v) is 6.42. The van der Waals surface area contributed by atoms with Crippen LogP contribution < -0.4 is 10.2 Å². The standard InChI is InChI=1S/C16H26ClN3O/c1-13(2)18-11-16(21)12-19-6-8-20(9-7-19)15-5-3-4-14(17)10-15/h3-5,10,13,16,18,21H,6-9,11-12H2,1-2H3. The smallest absolute Gasteiger partial charge is 0.0791 e. The third-order valence-electron chi connectivity index (χ3n) is 3.78. The number of nitrogens with one attached hydrogen (secondary N) is 1. The molecule has 1 atom stereocenters. The molecule has 0 aromatic heterocycles. The minimum absolute atomic E-state index is 0.301. The largest absolute Gasteiger partial charge is 0.390 e. The van der Waals surface area contributed by atoms with Crippen molar-refractivity contribution in [2.75, 3.05) is 44.2 Å². The third kappa shape index (κ3) is 5.47. The zero-order chi connectivity index (χ0) is 15.2. The summed E-state index contributed by atoms with van der Waals surface area (Å²) in [6.45, 7) is 9.49. The van der Waals surface area contributed by atoms with Gasteiger partial charge in [0.1, 0.15) is 0 Å². The summed E-state index contributed by atoms with van der Waals surface area (Å²) in [5, 5.41) is 14.1. The van der Waals surface area contributed by atoms with Crippen LogP contribution in [0.1, 0.15) is 13.8 Å². The maximum Gasteiger partial charge on any atom is 0.0791 e. The molecular formula is C16H26ClN3O. The fraction of sp³-hybridized carbons (Fsp3) is 0.625. The Labute approximate surface area is 132 Å². The number of halogens is 1. The van der Waals surface area contributed by atoms with E-state index >= 15 is 0 Å². The molecule has 1 aromatic rings. The van der Waals surface area contributed by atoms with Gasteiger partial charge in [-0.3, -0.25) is 4.90 Å². The summed E-state index contributed by atoms with van der Waals surface area (Å²) in [5.74, 6) is 0. The van der Waals surface area contributed by atoms with E-state index in [0.29, 0.717) is 12.6 Å². The molecule has 1 aliphatic rings. The number of nitrogens with zero attached hydrogens (tertiary/aromatic N) is 2. The van der Waals surface area contributed by atoms with Gasteiger partial charge in [0, 0.05) is 56.0 Å². The van der Waals surface area contributed by atoms with Crippen LogP contribution in [0.5, 0.6) is 0 Å². The summed E-state index contributed by atoms with van der Waals surface area (Å²) < 4.78 is 0. The number of aliphatic hydroxyl groups excluding tert-OH is 1. The Balaban J connectivity index is 1.75. The molecule has 0 saturated carbocycles. The number of anilines is 1. The molecule has 4 nitrogen and oxygen atoms in total. The highest BCUT2D eigenvalue weighted by Crippen LogP contribution is 2.20. The van der Waals surface area contributed by atoms with E-state index in [9.17, 15) is 5.11 Å². The van der Waals surface area contributed by atoms with Crippen molar-refractivity contribution in [1.29, 1.82) is 0 Å². The Morgan fingerprint density at radius 1 is 1.24 bits per heavy atom. The van der Waals surface area contributed by atoms with Crippen molar-refractivity contribution in [2.24, 2.45) is 0 Å². The molecule has 1 heterocycles. The molecule has 2 rings (SSSR count). The van der Waals surface area contributed by atoms with Crippen LogP contribution in [-0.2, 0) is 0 Å². The molecule has 0 spiro atoms. The van der Waals surface area contributed by atoms with E-state index in [2.05, 4.69) is 35.0 Å². The molecule has 0 bridgehead atoms. The monoisotopic (exact) mass is 311 g/mol. The van der Waals surface area contributed by atoms with Gasteiger partial charge in [0.15, 0.2) is 0 Å². The van der Waals surface area contributed by atoms with Crippen molar-refractivity contribution in [1.82, 2.24) is 10.2 Å². The fourth-order valence-corrected chi connectivity index (χ4v) is 2.78. The van der Waals surface area contributed by atoms with Gasteiger partial charge in [-0.1, -0.05) is 31.5 Å². The molecule has 1 aromatic carbocycles. The van der Waals surface area contributed by atoms with Crippen LogP contribution >= 0.6 is 11.6 Å². The van der Waals surface area contributed by atoms with Crippen molar-refractivity contribution >= 4 is 17.3 Å². The van der Waals surface area contributed by atoms with E-state index in [0.717, 1.165) is 37.7 Å². The normalized spacial score (nSPS) is 18.2. The van der Waals surface area contributed by atoms with Crippen molar-refractivity contribution in [3.8, 4) is 0 Å². The van der Waals surface area contributed by atoms with Gasteiger partial charge in [0.2, 0.25) is 0 Å². The van der Waals surface area contributed by atoms with Crippen LogP contribution in [-0.4, -0.2) is 61.4 Å². The summed E-state index contributed by atoms with van der Waals surface area (Å²) in [4.78, 5) is 4.68. The number of β-amino-alcohol motifs (C(OH)–C–C–N with tert-alkyl or cyclic N) is 1. The number of rotatable bonds is 6. The summed E-state index contributed by atoms with van der Waals surface area (Å²) >= 11 is 6.04. The molecule has 0 aliphatic carbocycles. The number of aliphatic hydroxyl groups is 1. The highest BCUT2D eigenvalue weighted by Gasteiger charge is 2.19. The summed E-state index contributed by atoms with van der Waals surface area (Å²) in [6, 6.07) is 8.42. The van der Waals surface area contributed by atoms with Gasteiger partial charge >= 0.3 is 0 Å². The molecule has 0 radical (unpaired) electrons. The number of benzene rings is 1. The Bertz CT molecular complexity index is 433. The van der Waals surface area contributed by atoms with E-state index in [4.69, 9.17) is 11.6 Å². The Morgan fingerprint density at radius 3 is 2.57 bits per heavy atom. The maximum absolute atomic E-state index is 10.0. The number of hydrogen-bond acceptors (Lipinski definition) is 4. The second kappa shape index (κ2) is 7.99. The first kappa shape index (κ1) is 16.6. The van der Waals surface area contributed by atoms with E-state index in [-0.39, 0.29) is 6.10 Å². The van der Waals surface area contributed by atoms with Crippen LogP contribution in [0.25, 0.3) is 0 Å². The Hall–Kier alpha value is -0.810. The Morgan fingerprint density at radius 2 is 1.95 bits per heavy atom. The van der Waals surface area contributed by atoms with Crippen molar-refractivity contribution in [2.45, 2.75) is 26.0 Å². The first-order valence-electron chi connectivity index (χ1n) is 7.69. The lowest BCUT2D eigenvalue weighted by Crippen LogP contribution is -2.50.